The quantitative estimate of drug-likeness (QED) is 0.641. The highest BCUT2D eigenvalue weighted by Crippen LogP contribution is 2.36. The molecule has 6 N–H and O–H groups in total. The summed E-state index contributed by atoms with van der Waals surface area (Å²) < 4.78 is 15.3. The maximum atomic E-state index is 8.73. The number of anilines is 3. The van der Waals surface area contributed by atoms with Crippen molar-refractivity contribution in [3.8, 4) is 23.3 Å². The van der Waals surface area contributed by atoms with E-state index in [9.17, 15) is 0 Å². The van der Waals surface area contributed by atoms with E-state index in [1.165, 1.54) is 0 Å². The number of aromatic nitrogens is 1. The van der Waals surface area contributed by atoms with E-state index < -0.39 is 0 Å². The zero-order chi connectivity index (χ0) is 20.0. The molecule has 2 aromatic carbocycles. The van der Waals surface area contributed by atoms with E-state index in [0.29, 0.717) is 39.4 Å². The Morgan fingerprint density at radius 3 is 2.04 bits per heavy atom. The van der Waals surface area contributed by atoms with Gasteiger partial charge in [0.25, 0.3) is 0 Å². The fraction of sp³-hybridized carbons (Fsp3) is 0.158. The molecule has 0 radical (unpaired) electrons. The number of methoxy groups -OCH3 is 3. The van der Waals surface area contributed by atoms with Gasteiger partial charge in [-0.2, -0.15) is 5.26 Å². The Morgan fingerprint density at radius 1 is 0.889 bits per heavy atom. The van der Waals surface area contributed by atoms with Crippen molar-refractivity contribution in [3.63, 3.8) is 0 Å². The van der Waals surface area contributed by atoms with Gasteiger partial charge in [-0.1, -0.05) is 6.07 Å². The molecule has 0 unspecified atom stereocenters. The van der Waals surface area contributed by atoms with Crippen molar-refractivity contribution in [2.24, 2.45) is 0 Å². The van der Waals surface area contributed by atoms with Crippen LogP contribution in [0.5, 0.6) is 17.2 Å². The molecule has 0 bridgehead atoms. The van der Waals surface area contributed by atoms with Gasteiger partial charge in [0.05, 0.1) is 49.9 Å². The SMILES string of the molecule is COc1cccc(OC)c1OC.N#Cc1ccc2c(N)c(N)c(N)nc2c1. The molecule has 0 atom stereocenters. The lowest BCUT2D eigenvalue weighted by Gasteiger charge is -2.10. The van der Waals surface area contributed by atoms with Crippen LogP contribution < -0.4 is 31.4 Å². The van der Waals surface area contributed by atoms with Crippen LogP contribution >= 0.6 is 0 Å². The van der Waals surface area contributed by atoms with Gasteiger partial charge in [0.1, 0.15) is 5.82 Å². The van der Waals surface area contributed by atoms with Crippen molar-refractivity contribution in [1.82, 2.24) is 4.98 Å². The predicted molar refractivity (Wildman–Crippen MR) is 106 cm³/mol. The Labute approximate surface area is 157 Å². The number of pyridine rings is 1. The number of ether oxygens (including phenoxy) is 3. The molecule has 0 spiro atoms. The summed E-state index contributed by atoms with van der Waals surface area (Å²) in [5.41, 5.74) is 18.8. The van der Waals surface area contributed by atoms with E-state index in [4.69, 9.17) is 36.7 Å². The minimum absolute atomic E-state index is 0.190. The van der Waals surface area contributed by atoms with Crippen LogP contribution in [-0.2, 0) is 0 Å². The highest BCUT2D eigenvalue weighted by molar-refractivity contribution is 5.99. The molecule has 140 valence electrons. The molecule has 1 heterocycles. The number of hydrogen-bond donors (Lipinski definition) is 3. The zero-order valence-corrected chi connectivity index (χ0v) is 15.3. The van der Waals surface area contributed by atoms with E-state index in [1.807, 2.05) is 24.3 Å². The van der Waals surface area contributed by atoms with Crippen molar-refractivity contribution < 1.29 is 14.2 Å². The lowest BCUT2D eigenvalue weighted by atomic mass is 10.1. The van der Waals surface area contributed by atoms with E-state index in [0.717, 1.165) is 0 Å². The maximum Gasteiger partial charge on any atom is 0.203 e. The molecule has 3 rings (SSSR count). The normalized spacial score (nSPS) is 9.70. The Morgan fingerprint density at radius 2 is 1.52 bits per heavy atom. The summed E-state index contributed by atoms with van der Waals surface area (Å²) in [6.45, 7) is 0. The van der Waals surface area contributed by atoms with Gasteiger partial charge >= 0.3 is 0 Å². The first-order valence-corrected chi connectivity index (χ1v) is 7.86. The van der Waals surface area contributed by atoms with Crippen LogP contribution in [0.1, 0.15) is 5.56 Å². The first kappa shape index (κ1) is 19.5. The summed E-state index contributed by atoms with van der Waals surface area (Å²) in [6, 6.07) is 12.5. The lowest BCUT2D eigenvalue weighted by Crippen LogP contribution is -2.03. The summed E-state index contributed by atoms with van der Waals surface area (Å²) in [6.07, 6.45) is 0. The number of nitrogen functional groups attached to an aromatic ring is 3. The number of nitriles is 1. The average molecular weight is 367 g/mol. The predicted octanol–water partition coefficient (Wildman–Crippen LogP) is 2.57. The second kappa shape index (κ2) is 8.49. The topological polar surface area (TPSA) is 142 Å². The number of nitrogens with zero attached hydrogens (tertiary/aromatic N) is 2. The first-order chi connectivity index (χ1) is 13.0. The summed E-state index contributed by atoms with van der Waals surface area (Å²) in [5.74, 6) is 2.17. The second-order valence-corrected chi connectivity index (χ2v) is 5.36. The molecule has 1 aromatic heterocycles. The van der Waals surface area contributed by atoms with E-state index in [2.05, 4.69) is 4.98 Å². The number of benzene rings is 2. The monoisotopic (exact) mass is 367 g/mol. The van der Waals surface area contributed by atoms with Crippen molar-refractivity contribution in [2.75, 3.05) is 38.5 Å². The van der Waals surface area contributed by atoms with Crippen LogP contribution in [0.3, 0.4) is 0 Å². The van der Waals surface area contributed by atoms with Gasteiger partial charge in [-0.05, 0) is 30.3 Å². The molecule has 3 aromatic rings. The molecule has 8 heteroatoms. The number of fused-ring (bicyclic) bond motifs is 1. The van der Waals surface area contributed by atoms with Gasteiger partial charge in [0.2, 0.25) is 5.75 Å². The highest BCUT2D eigenvalue weighted by Gasteiger charge is 2.09. The fourth-order valence-corrected chi connectivity index (χ4v) is 2.41. The minimum atomic E-state index is 0.190. The van der Waals surface area contributed by atoms with Crippen LogP contribution in [0.15, 0.2) is 36.4 Å². The highest BCUT2D eigenvalue weighted by atomic mass is 16.5. The molecule has 8 nitrogen and oxygen atoms in total. The fourth-order valence-electron chi connectivity index (χ4n) is 2.41. The Hall–Kier alpha value is -3.86. The smallest absolute Gasteiger partial charge is 0.203 e. The van der Waals surface area contributed by atoms with E-state index in [-0.39, 0.29) is 11.5 Å². The molecular formula is C19H21N5O3. The Bertz CT molecular complexity index is 977. The van der Waals surface area contributed by atoms with Gasteiger partial charge in [-0.25, -0.2) is 4.98 Å². The molecular weight excluding hydrogens is 346 g/mol. The summed E-state index contributed by atoms with van der Waals surface area (Å²) in [5, 5.41) is 9.43. The summed E-state index contributed by atoms with van der Waals surface area (Å²) >= 11 is 0. The van der Waals surface area contributed by atoms with Gasteiger partial charge in [0.15, 0.2) is 11.5 Å². The molecule has 0 aliphatic carbocycles. The number of rotatable bonds is 3. The molecule has 0 fully saturated rings. The average Bonchev–Trinajstić information content (AvgIpc) is 2.71. The standard InChI is InChI=1S/C10H9N5.C9H12O3/c11-4-5-1-2-6-7(3-5)15-10(14)9(13)8(6)12;1-10-7-5-4-6-8(11-2)9(7)12-3/h1-3H,13H2,(H4,12,14,15);4-6H,1-3H3. The molecule has 0 saturated carbocycles. The van der Waals surface area contributed by atoms with Crippen LogP contribution in [0.2, 0.25) is 0 Å². The third-order valence-electron chi connectivity index (χ3n) is 3.81. The molecule has 0 saturated heterocycles. The molecule has 0 aliphatic rings. The van der Waals surface area contributed by atoms with Crippen molar-refractivity contribution in [2.45, 2.75) is 0 Å². The van der Waals surface area contributed by atoms with Gasteiger partial charge in [-0.15, -0.1) is 0 Å². The van der Waals surface area contributed by atoms with Crippen LogP contribution in [0.4, 0.5) is 17.2 Å². The Kier molecular flexibility index (Phi) is 6.12. The van der Waals surface area contributed by atoms with Crippen molar-refractivity contribution in [1.29, 1.82) is 5.26 Å². The van der Waals surface area contributed by atoms with Gasteiger partial charge in [0, 0.05) is 5.39 Å². The Balaban J connectivity index is 0.000000199. The summed E-state index contributed by atoms with van der Waals surface area (Å²) in [7, 11) is 4.77. The van der Waals surface area contributed by atoms with Gasteiger partial charge in [-0.3, -0.25) is 0 Å². The second-order valence-electron chi connectivity index (χ2n) is 5.36. The van der Waals surface area contributed by atoms with E-state index >= 15 is 0 Å². The summed E-state index contributed by atoms with van der Waals surface area (Å²) in [4.78, 5) is 4.07. The van der Waals surface area contributed by atoms with Crippen LogP contribution in [-0.4, -0.2) is 26.3 Å². The lowest BCUT2D eigenvalue weighted by molar-refractivity contribution is 0.324. The third kappa shape index (κ3) is 4.04. The van der Waals surface area contributed by atoms with Crippen LogP contribution in [0.25, 0.3) is 10.9 Å². The van der Waals surface area contributed by atoms with Gasteiger partial charge < -0.3 is 31.4 Å². The van der Waals surface area contributed by atoms with Crippen molar-refractivity contribution >= 4 is 28.1 Å². The van der Waals surface area contributed by atoms with E-state index in [1.54, 1.807) is 39.5 Å². The number of nitrogens with two attached hydrogens (primary N) is 3. The number of hydrogen-bond acceptors (Lipinski definition) is 8. The largest absolute Gasteiger partial charge is 0.493 e. The molecule has 0 aliphatic heterocycles. The van der Waals surface area contributed by atoms with Crippen molar-refractivity contribution in [3.05, 3.63) is 42.0 Å². The minimum Gasteiger partial charge on any atom is -0.493 e. The number of para-hydroxylation sites is 1. The third-order valence-corrected chi connectivity index (χ3v) is 3.81. The first-order valence-electron chi connectivity index (χ1n) is 7.86. The maximum absolute atomic E-state index is 8.73. The molecule has 27 heavy (non-hydrogen) atoms. The molecule has 0 amide bonds. The van der Waals surface area contributed by atoms with Crippen LogP contribution in [0, 0.1) is 11.3 Å². The zero-order valence-electron chi connectivity index (χ0n) is 15.3.